The maximum atomic E-state index is 12.1. The van der Waals surface area contributed by atoms with E-state index >= 15 is 0 Å². The Morgan fingerprint density at radius 1 is 1.29 bits per heavy atom. The van der Waals surface area contributed by atoms with E-state index in [-0.39, 0.29) is 17.5 Å². The summed E-state index contributed by atoms with van der Waals surface area (Å²) in [4.78, 5) is 0.157. The standard InChI is InChI=1S/C14H23ClN2O3S/c1-10(2)16-9-12-5-6-13(7-14(12)15)21(18,19)17-8-11(3)20-4/h5-7,10-11,16-17H,8-9H2,1-4H3. The van der Waals surface area contributed by atoms with Crippen molar-refractivity contribution < 1.29 is 13.2 Å². The van der Waals surface area contributed by atoms with Crippen LogP contribution in [0, 0.1) is 0 Å². The second-order valence-corrected chi connectivity index (χ2v) is 7.36. The molecule has 0 aromatic heterocycles. The van der Waals surface area contributed by atoms with Gasteiger partial charge in [0.15, 0.2) is 0 Å². The molecule has 0 fully saturated rings. The molecule has 0 aliphatic rings. The highest BCUT2D eigenvalue weighted by molar-refractivity contribution is 7.89. The van der Waals surface area contributed by atoms with Crippen LogP contribution in [0.1, 0.15) is 26.3 Å². The van der Waals surface area contributed by atoms with Crippen LogP contribution in [0.15, 0.2) is 23.1 Å². The molecule has 5 nitrogen and oxygen atoms in total. The van der Waals surface area contributed by atoms with Crippen molar-refractivity contribution in [1.82, 2.24) is 10.0 Å². The fourth-order valence-electron chi connectivity index (χ4n) is 1.55. The summed E-state index contributed by atoms with van der Waals surface area (Å²) in [5.74, 6) is 0. The number of methoxy groups -OCH3 is 1. The van der Waals surface area contributed by atoms with Gasteiger partial charge < -0.3 is 10.1 Å². The van der Waals surface area contributed by atoms with Crippen LogP contribution >= 0.6 is 11.6 Å². The van der Waals surface area contributed by atoms with E-state index in [0.29, 0.717) is 17.6 Å². The first kappa shape index (κ1) is 18.4. The van der Waals surface area contributed by atoms with Crippen molar-refractivity contribution in [3.63, 3.8) is 0 Å². The Hall–Kier alpha value is -0.660. The van der Waals surface area contributed by atoms with Crippen LogP contribution < -0.4 is 10.0 Å². The summed E-state index contributed by atoms with van der Waals surface area (Å²) in [6.45, 7) is 6.68. The van der Waals surface area contributed by atoms with E-state index in [1.54, 1.807) is 19.1 Å². The maximum absolute atomic E-state index is 12.1. The number of hydrogen-bond donors (Lipinski definition) is 2. The van der Waals surface area contributed by atoms with Gasteiger partial charge in [-0.05, 0) is 24.6 Å². The molecule has 1 atom stereocenters. The Labute approximate surface area is 132 Å². The van der Waals surface area contributed by atoms with Crippen LogP contribution in [-0.4, -0.2) is 34.2 Å². The van der Waals surface area contributed by atoms with Gasteiger partial charge >= 0.3 is 0 Å². The molecule has 0 spiro atoms. The molecule has 0 saturated carbocycles. The lowest BCUT2D eigenvalue weighted by Crippen LogP contribution is -2.31. The third-order valence-corrected chi connectivity index (χ3v) is 4.77. The molecule has 1 rings (SSSR count). The molecule has 0 bridgehead atoms. The molecule has 21 heavy (non-hydrogen) atoms. The molecule has 0 amide bonds. The van der Waals surface area contributed by atoms with Crippen LogP contribution in [0.5, 0.6) is 0 Å². The monoisotopic (exact) mass is 334 g/mol. The molecule has 0 aliphatic carbocycles. The molecule has 0 aliphatic heterocycles. The third-order valence-electron chi connectivity index (χ3n) is 3.00. The van der Waals surface area contributed by atoms with Gasteiger partial charge in [-0.15, -0.1) is 0 Å². The van der Waals surface area contributed by atoms with Crippen LogP contribution in [0.25, 0.3) is 0 Å². The lowest BCUT2D eigenvalue weighted by Gasteiger charge is -2.13. The molecule has 1 aromatic rings. The van der Waals surface area contributed by atoms with Crippen molar-refractivity contribution in [2.75, 3.05) is 13.7 Å². The van der Waals surface area contributed by atoms with E-state index in [1.807, 2.05) is 13.8 Å². The predicted octanol–water partition coefficient (Wildman–Crippen LogP) is 2.15. The SMILES string of the molecule is COC(C)CNS(=O)(=O)c1ccc(CNC(C)C)c(Cl)c1. The maximum Gasteiger partial charge on any atom is 0.240 e. The fourth-order valence-corrected chi connectivity index (χ4v) is 3.00. The highest BCUT2D eigenvalue weighted by Gasteiger charge is 2.16. The molecule has 120 valence electrons. The van der Waals surface area contributed by atoms with Crippen LogP contribution in [0.2, 0.25) is 5.02 Å². The third kappa shape index (κ3) is 5.92. The highest BCUT2D eigenvalue weighted by atomic mass is 35.5. The first-order valence-electron chi connectivity index (χ1n) is 6.80. The Bertz CT molecular complexity index is 561. The smallest absolute Gasteiger partial charge is 0.240 e. The minimum Gasteiger partial charge on any atom is -0.380 e. The molecule has 2 N–H and O–H groups in total. The van der Waals surface area contributed by atoms with Crippen molar-refractivity contribution in [1.29, 1.82) is 0 Å². The molecular formula is C14H23ClN2O3S. The van der Waals surface area contributed by atoms with Crippen LogP contribution in [-0.2, 0) is 21.3 Å². The number of hydrogen-bond acceptors (Lipinski definition) is 4. The van der Waals surface area contributed by atoms with E-state index in [2.05, 4.69) is 10.0 Å². The van der Waals surface area contributed by atoms with Crippen molar-refractivity contribution in [3.8, 4) is 0 Å². The molecular weight excluding hydrogens is 312 g/mol. The van der Waals surface area contributed by atoms with Gasteiger partial charge in [0.2, 0.25) is 10.0 Å². The minimum absolute atomic E-state index is 0.157. The molecule has 0 heterocycles. The van der Waals surface area contributed by atoms with Crippen molar-refractivity contribution in [2.24, 2.45) is 0 Å². The number of halogens is 1. The predicted molar refractivity (Wildman–Crippen MR) is 85.1 cm³/mol. The van der Waals surface area contributed by atoms with E-state index in [9.17, 15) is 8.42 Å². The van der Waals surface area contributed by atoms with Gasteiger partial charge in [-0.2, -0.15) is 0 Å². The van der Waals surface area contributed by atoms with Gasteiger partial charge in [0.05, 0.1) is 11.0 Å². The highest BCUT2D eigenvalue weighted by Crippen LogP contribution is 2.21. The van der Waals surface area contributed by atoms with Gasteiger partial charge in [-0.1, -0.05) is 31.5 Å². The van der Waals surface area contributed by atoms with Gasteiger partial charge in [-0.3, -0.25) is 0 Å². The van der Waals surface area contributed by atoms with E-state index < -0.39 is 10.0 Å². The number of rotatable bonds is 8. The van der Waals surface area contributed by atoms with Crippen LogP contribution in [0.4, 0.5) is 0 Å². The number of sulfonamides is 1. The largest absolute Gasteiger partial charge is 0.380 e. The summed E-state index contributed by atoms with van der Waals surface area (Å²) in [5.41, 5.74) is 0.870. The van der Waals surface area contributed by atoms with E-state index in [4.69, 9.17) is 16.3 Å². The minimum atomic E-state index is -3.57. The number of ether oxygens (including phenoxy) is 1. The average Bonchev–Trinajstić information content (AvgIpc) is 2.43. The zero-order chi connectivity index (χ0) is 16.0. The summed E-state index contributed by atoms with van der Waals surface area (Å²) in [5, 5.41) is 3.68. The Kier molecular flexibility index (Phi) is 7.09. The molecule has 0 saturated heterocycles. The Morgan fingerprint density at radius 2 is 1.95 bits per heavy atom. The van der Waals surface area contributed by atoms with Gasteiger partial charge in [0, 0.05) is 31.3 Å². The summed E-state index contributed by atoms with van der Waals surface area (Å²) in [6, 6.07) is 5.09. The molecule has 0 radical (unpaired) electrons. The Balaban J connectivity index is 2.82. The van der Waals surface area contributed by atoms with E-state index in [1.165, 1.54) is 13.2 Å². The van der Waals surface area contributed by atoms with Crippen molar-refractivity contribution >= 4 is 21.6 Å². The van der Waals surface area contributed by atoms with Crippen LogP contribution in [0.3, 0.4) is 0 Å². The van der Waals surface area contributed by atoms with Gasteiger partial charge in [-0.25, -0.2) is 13.1 Å². The second-order valence-electron chi connectivity index (χ2n) is 5.19. The second kappa shape index (κ2) is 8.10. The fraction of sp³-hybridized carbons (Fsp3) is 0.571. The summed E-state index contributed by atoms with van der Waals surface area (Å²) in [6.07, 6.45) is -0.190. The summed E-state index contributed by atoms with van der Waals surface area (Å²) in [7, 11) is -2.04. The lowest BCUT2D eigenvalue weighted by atomic mass is 10.2. The number of benzene rings is 1. The topological polar surface area (TPSA) is 67.4 Å². The van der Waals surface area contributed by atoms with E-state index in [0.717, 1.165) is 5.56 Å². The molecule has 1 aromatic carbocycles. The Morgan fingerprint density at radius 3 is 2.48 bits per heavy atom. The lowest BCUT2D eigenvalue weighted by molar-refractivity contribution is 0.122. The van der Waals surface area contributed by atoms with Gasteiger partial charge in [0.25, 0.3) is 0 Å². The average molecular weight is 335 g/mol. The quantitative estimate of drug-likeness (QED) is 0.764. The summed E-state index contributed by atoms with van der Waals surface area (Å²) >= 11 is 6.15. The van der Waals surface area contributed by atoms with Gasteiger partial charge in [0.1, 0.15) is 0 Å². The summed E-state index contributed by atoms with van der Waals surface area (Å²) < 4.78 is 31.8. The molecule has 7 heteroatoms. The first-order valence-corrected chi connectivity index (χ1v) is 8.66. The van der Waals surface area contributed by atoms with Crippen molar-refractivity contribution in [2.45, 2.75) is 44.4 Å². The van der Waals surface area contributed by atoms with Crippen molar-refractivity contribution in [3.05, 3.63) is 28.8 Å². The molecule has 1 unspecified atom stereocenters. The normalized spacial score (nSPS) is 13.6. The zero-order valence-corrected chi connectivity index (χ0v) is 14.4. The number of nitrogens with one attached hydrogen (secondary N) is 2. The zero-order valence-electron chi connectivity index (χ0n) is 12.8. The first-order chi connectivity index (χ1) is 9.76.